The summed E-state index contributed by atoms with van der Waals surface area (Å²) in [5.41, 5.74) is 0.703. The second kappa shape index (κ2) is 7.01. The van der Waals surface area contributed by atoms with Gasteiger partial charge in [0.05, 0.1) is 12.6 Å². The van der Waals surface area contributed by atoms with Crippen LogP contribution in [0.5, 0.6) is 0 Å². The molecule has 0 bridgehead atoms. The number of ether oxygens (including phenoxy) is 1. The van der Waals surface area contributed by atoms with Crippen molar-refractivity contribution in [1.82, 2.24) is 4.90 Å². The van der Waals surface area contributed by atoms with E-state index in [1.54, 1.807) is 4.90 Å². The molecule has 0 spiro atoms. The molecule has 1 fully saturated rings. The molecule has 1 aliphatic rings. The minimum Gasteiger partial charge on any atom is -0.444 e. The van der Waals surface area contributed by atoms with Crippen molar-refractivity contribution in [3.63, 3.8) is 0 Å². The summed E-state index contributed by atoms with van der Waals surface area (Å²) in [5.74, 6) is 0.180. The first-order valence-corrected chi connectivity index (χ1v) is 8.44. The number of halogens is 1. The number of likely N-dealkylation sites (tertiary alicyclic amines) is 1. The average Bonchev–Trinajstić information content (AvgIpc) is 2.41. The number of nitrogens with zero attached hydrogens (tertiary/aromatic N) is 1. The van der Waals surface area contributed by atoms with Gasteiger partial charge in [-0.1, -0.05) is 28.1 Å². The average molecular weight is 370 g/mol. The number of hydrogen-bond donors (Lipinski definition) is 1. The molecular formula is C17H24BrNO3. The molecule has 1 N–H and O–H groups in total. The Morgan fingerprint density at radius 1 is 1.36 bits per heavy atom. The third-order valence-corrected chi connectivity index (χ3v) is 4.31. The molecule has 1 heterocycles. The van der Waals surface area contributed by atoms with E-state index in [4.69, 9.17) is 4.74 Å². The lowest BCUT2D eigenvalue weighted by Crippen LogP contribution is -2.48. The minimum atomic E-state index is -0.509. The van der Waals surface area contributed by atoms with E-state index >= 15 is 0 Å². The normalized spacial score (nSPS) is 22.5. The SMILES string of the molecule is CC(C)(C)OC(=O)N1CC[C@@H](Cc2ccc(Br)cc2)[C@H](O)C1. The molecule has 0 unspecified atom stereocenters. The van der Waals surface area contributed by atoms with Gasteiger partial charge in [-0.15, -0.1) is 0 Å². The van der Waals surface area contributed by atoms with Gasteiger partial charge in [-0.3, -0.25) is 0 Å². The molecule has 2 rings (SSSR count). The van der Waals surface area contributed by atoms with E-state index in [-0.39, 0.29) is 12.0 Å². The molecule has 0 radical (unpaired) electrons. The summed E-state index contributed by atoms with van der Waals surface area (Å²) in [6.07, 6.45) is 0.770. The highest BCUT2D eigenvalue weighted by molar-refractivity contribution is 9.10. The lowest BCUT2D eigenvalue weighted by molar-refractivity contribution is -0.0125. The summed E-state index contributed by atoms with van der Waals surface area (Å²) in [4.78, 5) is 13.7. The van der Waals surface area contributed by atoms with Gasteiger partial charge in [-0.2, -0.15) is 0 Å². The molecule has 2 atom stereocenters. The van der Waals surface area contributed by atoms with Crippen molar-refractivity contribution in [1.29, 1.82) is 0 Å². The second-order valence-electron chi connectivity index (χ2n) is 6.87. The van der Waals surface area contributed by atoms with E-state index in [0.29, 0.717) is 13.1 Å². The number of β-amino-alcohol motifs (C(OH)–C–C–N with tert-alkyl or cyclic N) is 1. The van der Waals surface area contributed by atoms with Gasteiger partial charge in [0.25, 0.3) is 0 Å². The first kappa shape index (κ1) is 17.3. The summed E-state index contributed by atoms with van der Waals surface area (Å²) >= 11 is 3.42. The smallest absolute Gasteiger partial charge is 0.410 e. The fourth-order valence-electron chi connectivity index (χ4n) is 2.63. The van der Waals surface area contributed by atoms with E-state index in [9.17, 15) is 9.90 Å². The zero-order chi connectivity index (χ0) is 16.3. The fourth-order valence-corrected chi connectivity index (χ4v) is 2.90. The van der Waals surface area contributed by atoms with Gasteiger partial charge in [0.15, 0.2) is 0 Å². The lowest BCUT2D eigenvalue weighted by atomic mass is 9.88. The maximum absolute atomic E-state index is 12.0. The van der Waals surface area contributed by atoms with Gasteiger partial charge in [-0.05, 0) is 57.2 Å². The van der Waals surface area contributed by atoms with Crippen LogP contribution in [0.15, 0.2) is 28.7 Å². The fraction of sp³-hybridized carbons (Fsp3) is 0.588. The molecule has 122 valence electrons. The van der Waals surface area contributed by atoms with Crippen LogP contribution < -0.4 is 0 Å². The Hall–Kier alpha value is -1.07. The number of aliphatic hydroxyl groups is 1. The summed E-state index contributed by atoms with van der Waals surface area (Å²) < 4.78 is 6.42. The van der Waals surface area contributed by atoms with E-state index in [2.05, 4.69) is 28.1 Å². The van der Waals surface area contributed by atoms with Crippen LogP contribution >= 0.6 is 15.9 Å². The Morgan fingerprint density at radius 3 is 2.55 bits per heavy atom. The summed E-state index contributed by atoms with van der Waals surface area (Å²) in [7, 11) is 0. The topological polar surface area (TPSA) is 49.8 Å². The molecule has 1 aromatic rings. The molecule has 0 aliphatic carbocycles. The summed E-state index contributed by atoms with van der Waals surface area (Å²) in [6.45, 7) is 6.52. The monoisotopic (exact) mass is 369 g/mol. The molecule has 5 heteroatoms. The molecule has 1 saturated heterocycles. The van der Waals surface area contributed by atoms with Gasteiger partial charge in [0, 0.05) is 11.0 Å². The van der Waals surface area contributed by atoms with Crippen molar-refractivity contribution in [2.24, 2.45) is 5.92 Å². The highest BCUT2D eigenvalue weighted by Gasteiger charge is 2.32. The first-order valence-electron chi connectivity index (χ1n) is 7.65. The predicted molar refractivity (Wildman–Crippen MR) is 89.8 cm³/mol. The number of hydrogen-bond acceptors (Lipinski definition) is 3. The van der Waals surface area contributed by atoms with Gasteiger partial charge in [-0.25, -0.2) is 4.79 Å². The first-order chi connectivity index (χ1) is 10.2. The van der Waals surface area contributed by atoms with Gasteiger partial charge >= 0.3 is 6.09 Å². The number of piperidine rings is 1. The molecule has 0 saturated carbocycles. The molecule has 1 aromatic carbocycles. The standard InChI is InChI=1S/C17H24BrNO3/c1-17(2,3)22-16(21)19-9-8-13(15(20)11-19)10-12-4-6-14(18)7-5-12/h4-7,13,15,20H,8-11H2,1-3H3/t13-,15+/m0/s1. The zero-order valence-corrected chi connectivity index (χ0v) is 15.0. The van der Waals surface area contributed by atoms with Crippen LogP contribution in [0.4, 0.5) is 4.79 Å². The van der Waals surface area contributed by atoms with E-state index in [1.165, 1.54) is 5.56 Å². The highest BCUT2D eigenvalue weighted by Crippen LogP contribution is 2.24. The van der Waals surface area contributed by atoms with Crippen molar-refractivity contribution in [2.75, 3.05) is 13.1 Å². The number of carbonyl (C=O) groups is 1. The van der Waals surface area contributed by atoms with E-state index in [0.717, 1.165) is 17.3 Å². The van der Waals surface area contributed by atoms with Crippen molar-refractivity contribution in [2.45, 2.75) is 45.3 Å². The van der Waals surface area contributed by atoms with E-state index in [1.807, 2.05) is 32.9 Å². The molecule has 1 amide bonds. The van der Waals surface area contributed by atoms with E-state index < -0.39 is 11.7 Å². The highest BCUT2D eigenvalue weighted by atomic mass is 79.9. The van der Waals surface area contributed by atoms with Crippen LogP contribution in [0.25, 0.3) is 0 Å². The third-order valence-electron chi connectivity index (χ3n) is 3.78. The van der Waals surface area contributed by atoms with Gasteiger partial charge in [0.2, 0.25) is 0 Å². The quantitative estimate of drug-likeness (QED) is 0.865. The molecular weight excluding hydrogens is 346 g/mol. The number of benzene rings is 1. The Kier molecular flexibility index (Phi) is 5.50. The molecule has 1 aliphatic heterocycles. The lowest BCUT2D eigenvalue weighted by Gasteiger charge is -2.36. The van der Waals surface area contributed by atoms with Crippen molar-refractivity contribution in [3.8, 4) is 0 Å². The number of carbonyl (C=O) groups excluding carboxylic acids is 1. The second-order valence-corrected chi connectivity index (χ2v) is 7.79. The number of aliphatic hydroxyl groups excluding tert-OH is 1. The third kappa shape index (κ3) is 4.99. The summed E-state index contributed by atoms with van der Waals surface area (Å²) in [6, 6.07) is 8.16. The number of rotatable bonds is 2. The molecule has 22 heavy (non-hydrogen) atoms. The maximum atomic E-state index is 12.0. The van der Waals surface area contributed by atoms with Crippen molar-refractivity contribution >= 4 is 22.0 Å². The van der Waals surface area contributed by atoms with Gasteiger partial charge in [0.1, 0.15) is 5.60 Å². The van der Waals surface area contributed by atoms with Crippen LogP contribution in [0.1, 0.15) is 32.8 Å². The van der Waals surface area contributed by atoms with Crippen LogP contribution in [0.2, 0.25) is 0 Å². The Morgan fingerprint density at radius 2 is 2.00 bits per heavy atom. The predicted octanol–water partition coefficient (Wildman–Crippen LogP) is 3.61. The van der Waals surface area contributed by atoms with Crippen LogP contribution in [-0.2, 0) is 11.2 Å². The molecule has 4 nitrogen and oxygen atoms in total. The summed E-state index contributed by atoms with van der Waals surface area (Å²) in [5, 5.41) is 10.3. The largest absolute Gasteiger partial charge is 0.444 e. The van der Waals surface area contributed by atoms with Crippen LogP contribution in [0, 0.1) is 5.92 Å². The Bertz CT molecular complexity index is 510. The maximum Gasteiger partial charge on any atom is 0.410 e. The Balaban J connectivity index is 1.90. The zero-order valence-electron chi connectivity index (χ0n) is 13.4. The van der Waals surface area contributed by atoms with Crippen molar-refractivity contribution in [3.05, 3.63) is 34.3 Å². The van der Waals surface area contributed by atoms with Gasteiger partial charge < -0.3 is 14.7 Å². The number of amides is 1. The minimum absolute atomic E-state index is 0.180. The van der Waals surface area contributed by atoms with Crippen LogP contribution in [-0.4, -0.2) is 40.9 Å². The molecule has 0 aromatic heterocycles. The van der Waals surface area contributed by atoms with Crippen molar-refractivity contribution < 1.29 is 14.6 Å². The Labute approximate surface area is 140 Å². The van der Waals surface area contributed by atoms with Crippen LogP contribution in [0.3, 0.4) is 0 Å².